The molecule has 1 saturated carbocycles. The van der Waals surface area contributed by atoms with Gasteiger partial charge in [0.1, 0.15) is 10.7 Å². The van der Waals surface area contributed by atoms with Gasteiger partial charge in [-0.25, -0.2) is 12.8 Å². The molecular weight excluding hydrogens is 267 g/mol. The number of anilines is 1. The van der Waals surface area contributed by atoms with Crippen molar-refractivity contribution < 1.29 is 12.8 Å². The summed E-state index contributed by atoms with van der Waals surface area (Å²) in [5.41, 5.74) is 5.29. The normalized spacial score (nSPS) is 17.2. The van der Waals surface area contributed by atoms with Gasteiger partial charge in [-0.1, -0.05) is 25.8 Å². The molecule has 0 spiro atoms. The predicted octanol–water partition coefficient (Wildman–Crippen LogP) is 2.36. The summed E-state index contributed by atoms with van der Waals surface area (Å²) in [7, 11) is -3.72. The molecule has 0 aromatic heterocycles. The number of benzene rings is 1. The number of nitrogens with zero attached hydrogens (tertiary/aromatic N) is 1. The second-order valence-electron chi connectivity index (χ2n) is 4.80. The molecule has 19 heavy (non-hydrogen) atoms. The number of hydrogen-bond acceptors (Lipinski definition) is 3. The van der Waals surface area contributed by atoms with Crippen LogP contribution < -0.4 is 5.73 Å². The number of hydrogen-bond donors (Lipinski definition) is 1. The second kappa shape index (κ2) is 5.46. The van der Waals surface area contributed by atoms with Gasteiger partial charge in [0.2, 0.25) is 10.0 Å². The fourth-order valence-corrected chi connectivity index (χ4v) is 4.51. The minimum atomic E-state index is -3.72. The van der Waals surface area contributed by atoms with E-state index in [1.807, 2.05) is 0 Å². The van der Waals surface area contributed by atoms with Crippen molar-refractivity contribution in [2.75, 3.05) is 12.3 Å². The first-order valence-corrected chi connectivity index (χ1v) is 7.98. The van der Waals surface area contributed by atoms with Gasteiger partial charge in [-0.05, 0) is 25.0 Å². The van der Waals surface area contributed by atoms with Crippen molar-refractivity contribution in [3.63, 3.8) is 0 Å². The van der Waals surface area contributed by atoms with Gasteiger partial charge in [0, 0.05) is 12.6 Å². The zero-order valence-electron chi connectivity index (χ0n) is 11.0. The zero-order chi connectivity index (χ0) is 14.0. The second-order valence-corrected chi connectivity index (χ2v) is 6.66. The van der Waals surface area contributed by atoms with Crippen LogP contribution in [0.2, 0.25) is 0 Å². The molecule has 2 rings (SSSR count). The molecule has 0 unspecified atom stereocenters. The van der Waals surface area contributed by atoms with E-state index in [-0.39, 0.29) is 16.6 Å². The third-order valence-electron chi connectivity index (χ3n) is 3.64. The minimum Gasteiger partial charge on any atom is -0.395 e. The van der Waals surface area contributed by atoms with E-state index in [1.165, 1.54) is 22.5 Å². The number of halogens is 1. The van der Waals surface area contributed by atoms with Crippen LogP contribution in [0.1, 0.15) is 32.6 Å². The Labute approximate surface area is 113 Å². The zero-order valence-corrected chi connectivity index (χ0v) is 11.8. The molecule has 1 aliphatic rings. The van der Waals surface area contributed by atoms with Crippen molar-refractivity contribution in [3.8, 4) is 0 Å². The summed E-state index contributed by atoms with van der Waals surface area (Å²) in [6.07, 6.45) is 3.80. The van der Waals surface area contributed by atoms with Gasteiger partial charge in [0.15, 0.2) is 0 Å². The summed E-state index contributed by atoms with van der Waals surface area (Å²) in [6.45, 7) is 2.17. The number of nitrogen functional groups attached to an aromatic ring is 1. The molecule has 0 radical (unpaired) electrons. The SMILES string of the molecule is CCN(C1CCCC1)S(=O)(=O)c1cccc(F)c1N. The van der Waals surface area contributed by atoms with Crippen LogP contribution in [0.4, 0.5) is 10.1 Å². The molecule has 0 saturated heterocycles. The highest BCUT2D eigenvalue weighted by Crippen LogP contribution is 2.31. The van der Waals surface area contributed by atoms with E-state index >= 15 is 0 Å². The Morgan fingerprint density at radius 2 is 2.00 bits per heavy atom. The van der Waals surface area contributed by atoms with Crippen LogP contribution in [0.15, 0.2) is 23.1 Å². The molecule has 0 amide bonds. The summed E-state index contributed by atoms with van der Waals surface area (Å²) < 4.78 is 40.1. The lowest BCUT2D eigenvalue weighted by Crippen LogP contribution is -2.38. The maximum Gasteiger partial charge on any atom is 0.245 e. The highest BCUT2D eigenvalue weighted by Gasteiger charge is 2.33. The minimum absolute atomic E-state index is 0.0117. The maximum atomic E-state index is 13.4. The Balaban J connectivity index is 2.42. The van der Waals surface area contributed by atoms with Gasteiger partial charge in [-0.2, -0.15) is 4.31 Å². The summed E-state index contributed by atoms with van der Waals surface area (Å²) in [6, 6.07) is 3.92. The molecule has 1 fully saturated rings. The van der Waals surface area contributed by atoms with Crippen LogP contribution >= 0.6 is 0 Å². The molecule has 6 heteroatoms. The third kappa shape index (κ3) is 2.60. The maximum absolute atomic E-state index is 13.4. The van der Waals surface area contributed by atoms with Crippen LogP contribution in [0.3, 0.4) is 0 Å². The van der Waals surface area contributed by atoms with Crippen molar-refractivity contribution in [2.45, 2.75) is 43.5 Å². The lowest BCUT2D eigenvalue weighted by molar-refractivity contribution is 0.335. The van der Waals surface area contributed by atoms with Crippen LogP contribution in [0.5, 0.6) is 0 Å². The van der Waals surface area contributed by atoms with E-state index in [0.717, 1.165) is 25.7 Å². The van der Waals surface area contributed by atoms with E-state index in [1.54, 1.807) is 6.92 Å². The summed E-state index contributed by atoms with van der Waals surface area (Å²) in [5, 5.41) is 0. The summed E-state index contributed by atoms with van der Waals surface area (Å²) >= 11 is 0. The topological polar surface area (TPSA) is 63.4 Å². The van der Waals surface area contributed by atoms with E-state index in [0.29, 0.717) is 6.54 Å². The Morgan fingerprint density at radius 3 is 2.58 bits per heavy atom. The Hall–Kier alpha value is -1.14. The standard InChI is InChI=1S/C13H19FN2O2S/c1-2-16(10-6-3-4-7-10)19(17,18)12-9-5-8-11(14)13(12)15/h5,8-10H,2-4,6-7,15H2,1H3. The lowest BCUT2D eigenvalue weighted by Gasteiger charge is -2.27. The van der Waals surface area contributed by atoms with Crippen molar-refractivity contribution in [1.29, 1.82) is 0 Å². The van der Waals surface area contributed by atoms with E-state index in [9.17, 15) is 12.8 Å². The van der Waals surface area contributed by atoms with Crippen LogP contribution in [-0.4, -0.2) is 25.3 Å². The highest BCUT2D eigenvalue weighted by atomic mass is 32.2. The molecular formula is C13H19FN2O2S. The van der Waals surface area contributed by atoms with Gasteiger partial charge in [0.05, 0.1) is 5.69 Å². The third-order valence-corrected chi connectivity index (χ3v) is 5.73. The molecule has 1 aliphatic carbocycles. The van der Waals surface area contributed by atoms with Gasteiger partial charge in [-0.3, -0.25) is 0 Å². The Kier molecular flexibility index (Phi) is 4.10. The largest absolute Gasteiger partial charge is 0.395 e. The van der Waals surface area contributed by atoms with Crippen molar-refractivity contribution in [1.82, 2.24) is 4.31 Å². The summed E-state index contributed by atoms with van der Waals surface area (Å²) in [5.74, 6) is -0.691. The van der Waals surface area contributed by atoms with E-state index in [4.69, 9.17) is 5.73 Å². The first-order chi connectivity index (χ1) is 8.98. The predicted molar refractivity (Wildman–Crippen MR) is 72.6 cm³/mol. The molecule has 0 aliphatic heterocycles. The molecule has 0 bridgehead atoms. The van der Waals surface area contributed by atoms with Gasteiger partial charge in [-0.15, -0.1) is 0 Å². The van der Waals surface area contributed by atoms with Crippen LogP contribution in [0, 0.1) is 5.82 Å². The van der Waals surface area contributed by atoms with Gasteiger partial charge in [0.25, 0.3) is 0 Å². The van der Waals surface area contributed by atoms with E-state index in [2.05, 4.69) is 0 Å². The Bertz CT molecular complexity index is 554. The molecule has 0 atom stereocenters. The monoisotopic (exact) mass is 286 g/mol. The summed E-state index contributed by atoms with van der Waals surface area (Å²) in [4.78, 5) is -0.124. The van der Waals surface area contributed by atoms with Crippen molar-refractivity contribution in [3.05, 3.63) is 24.0 Å². The number of nitrogens with two attached hydrogens (primary N) is 1. The molecule has 1 aromatic rings. The number of sulfonamides is 1. The average Bonchev–Trinajstić information content (AvgIpc) is 2.86. The van der Waals surface area contributed by atoms with Gasteiger partial charge < -0.3 is 5.73 Å². The van der Waals surface area contributed by atoms with Crippen molar-refractivity contribution >= 4 is 15.7 Å². The number of para-hydroxylation sites is 1. The molecule has 1 aromatic carbocycles. The highest BCUT2D eigenvalue weighted by molar-refractivity contribution is 7.89. The fraction of sp³-hybridized carbons (Fsp3) is 0.538. The molecule has 2 N–H and O–H groups in total. The molecule has 106 valence electrons. The Morgan fingerprint density at radius 1 is 1.37 bits per heavy atom. The van der Waals surface area contributed by atoms with Crippen molar-refractivity contribution in [2.24, 2.45) is 0 Å². The van der Waals surface area contributed by atoms with Crippen LogP contribution in [0.25, 0.3) is 0 Å². The number of rotatable bonds is 4. The fourth-order valence-electron chi connectivity index (χ4n) is 2.69. The van der Waals surface area contributed by atoms with Crippen LogP contribution in [-0.2, 0) is 10.0 Å². The molecule has 4 nitrogen and oxygen atoms in total. The lowest BCUT2D eigenvalue weighted by atomic mass is 10.2. The van der Waals surface area contributed by atoms with Gasteiger partial charge >= 0.3 is 0 Å². The average molecular weight is 286 g/mol. The van der Waals surface area contributed by atoms with E-state index < -0.39 is 15.8 Å². The smallest absolute Gasteiger partial charge is 0.245 e. The first-order valence-electron chi connectivity index (χ1n) is 6.54. The first kappa shape index (κ1) is 14.3. The quantitative estimate of drug-likeness (QED) is 0.864. The molecule has 0 heterocycles.